The van der Waals surface area contributed by atoms with Gasteiger partial charge in [0.1, 0.15) is 11.9 Å². The van der Waals surface area contributed by atoms with E-state index in [1.54, 1.807) is 29.3 Å². The minimum Gasteiger partial charge on any atom is -0.474 e. The van der Waals surface area contributed by atoms with Crippen molar-refractivity contribution in [1.82, 2.24) is 29.6 Å². The molecule has 1 aliphatic carbocycles. The maximum atomic E-state index is 13.5. The highest BCUT2D eigenvalue weighted by Crippen LogP contribution is 2.48. The van der Waals surface area contributed by atoms with E-state index in [1.807, 2.05) is 31.7 Å². The number of hydrogen-bond acceptors (Lipinski definition) is 8. The molecule has 3 aromatic heterocycles. The van der Waals surface area contributed by atoms with Gasteiger partial charge in [0.2, 0.25) is 11.8 Å². The number of piperidine rings is 2. The summed E-state index contributed by atoms with van der Waals surface area (Å²) in [5.74, 6) is 2.64. The lowest BCUT2D eigenvalue weighted by Crippen LogP contribution is -2.38. The number of nitrogens with zero attached hydrogens (tertiary/aromatic N) is 7. The molecule has 0 bridgehead atoms. The van der Waals surface area contributed by atoms with E-state index in [-0.39, 0.29) is 12.0 Å². The normalized spacial score (nSPS) is 23.7. The number of ether oxygens (including phenoxy) is 1. The van der Waals surface area contributed by atoms with Crippen LogP contribution in [0.4, 0.5) is 5.82 Å². The van der Waals surface area contributed by atoms with Crippen molar-refractivity contribution < 1.29 is 9.53 Å². The van der Waals surface area contributed by atoms with Crippen molar-refractivity contribution in [3.05, 3.63) is 53.6 Å². The average Bonchev–Trinajstić information content (AvgIpc) is 3.27. The number of aromatic nitrogens is 5. The lowest BCUT2D eigenvalue weighted by molar-refractivity contribution is 0.0750. The van der Waals surface area contributed by atoms with Crippen LogP contribution in [0.5, 0.6) is 5.88 Å². The first kappa shape index (κ1) is 26.7. The van der Waals surface area contributed by atoms with Crippen molar-refractivity contribution in [2.75, 3.05) is 31.1 Å². The van der Waals surface area contributed by atoms with E-state index in [9.17, 15) is 4.79 Å². The third kappa shape index (κ3) is 5.16. The number of amides is 1. The monoisotopic (exact) mass is 544 g/mol. The summed E-state index contributed by atoms with van der Waals surface area (Å²) in [7, 11) is 0. The molecular formula is C30H40N8O2. The SMILES string of the molecule is CCc1nn(-c2ncccn2)cc1C(=O)N1CC2C(C1)C2Oc1cc(C(C)(C)N)cc(N2CCC(C)(C)CC2)n1. The average molecular weight is 545 g/mol. The van der Waals surface area contributed by atoms with Crippen molar-refractivity contribution in [2.24, 2.45) is 23.0 Å². The molecule has 1 amide bonds. The quantitative estimate of drug-likeness (QED) is 0.480. The Bertz CT molecular complexity index is 1370. The van der Waals surface area contributed by atoms with E-state index >= 15 is 0 Å². The van der Waals surface area contributed by atoms with E-state index in [4.69, 9.17) is 15.5 Å². The predicted molar refractivity (Wildman–Crippen MR) is 153 cm³/mol. The number of likely N-dealkylation sites (tertiary alicyclic amines) is 1. The van der Waals surface area contributed by atoms with Crippen LogP contribution >= 0.6 is 0 Å². The van der Waals surface area contributed by atoms with Crippen LogP contribution in [0.1, 0.15) is 69.1 Å². The van der Waals surface area contributed by atoms with E-state index < -0.39 is 5.54 Å². The summed E-state index contributed by atoms with van der Waals surface area (Å²) in [4.78, 5) is 31.2. The summed E-state index contributed by atoms with van der Waals surface area (Å²) in [6.07, 6.45) is 8.07. The van der Waals surface area contributed by atoms with Crippen LogP contribution in [0.15, 0.2) is 36.8 Å². The fourth-order valence-corrected chi connectivity index (χ4v) is 5.91. The molecule has 0 radical (unpaired) electrons. The van der Waals surface area contributed by atoms with Gasteiger partial charge >= 0.3 is 0 Å². The molecule has 40 heavy (non-hydrogen) atoms. The van der Waals surface area contributed by atoms with Crippen LogP contribution in [0, 0.1) is 17.3 Å². The van der Waals surface area contributed by atoms with Gasteiger partial charge in [0.25, 0.3) is 5.91 Å². The Morgan fingerprint density at radius 1 is 1.12 bits per heavy atom. The van der Waals surface area contributed by atoms with Crippen LogP contribution in [0.25, 0.3) is 5.95 Å². The molecule has 6 rings (SSSR count). The molecule has 0 spiro atoms. The van der Waals surface area contributed by atoms with E-state index in [2.05, 4.69) is 39.9 Å². The molecule has 1 saturated carbocycles. The van der Waals surface area contributed by atoms with Gasteiger partial charge in [-0.05, 0) is 56.2 Å². The van der Waals surface area contributed by atoms with E-state index in [1.165, 1.54) is 0 Å². The second kappa shape index (κ2) is 9.83. The van der Waals surface area contributed by atoms with Crippen LogP contribution in [0.3, 0.4) is 0 Å². The Hall–Kier alpha value is -3.53. The smallest absolute Gasteiger partial charge is 0.257 e. The topological polar surface area (TPSA) is 115 Å². The maximum absolute atomic E-state index is 13.5. The lowest BCUT2D eigenvalue weighted by Gasteiger charge is -2.38. The molecule has 10 nitrogen and oxygen atoms in total. The minimum atomic E-state index is -0.500. The molecule has 2 N–H and O–H groups in total. The van der Waals surface area contributed by atoms with Crippen molar-refractivity contribution >= 4 is 11.7 Å². The van der Waals surface area contributed by atoms with Gasteiger partial charge in [0.05, 0.1) is 11.3 Å². The molecule has 2 atom stereocenters. The van der Waals surface area contributed by atoms with Crippen LogP contribution < -0.4 is 15.4 Å². The van der Waals surface area contributed by atoms with Crippen LogP contribution in [0.2, 0.25) is 0 Å². The Morgan fingerprint density at radius 3 is 2.42 bits per heavy atom. The Kier molecular flexibility index (Phi) is 6.56. The molecule has 10 heteroatoms. The predicted octanol–water partition coefficient (Wildman–Crippen LogP) is 3.59. The first-order valence-electron chi connectivity index (χ1n) is 14.4. The molecule has 0 aromatic carbocycles. The molecule has 212 valence electrons. The summed E-state index contributed by atoms with van der Waals surface area (Å²) in [5.41, 5.74) is 8.76. The first-order valence-corrected chi connectivity index (χ1v) is 14.4. The molecule has 2 saturated heterocycles. The molecule has 2 aliphatic heterocycles. The number of rotatable bonds is 7. The number of aryl methyl sites for hydroxylation is 1. The minimum absolute atomic E-state index is 0.00490. The number of fused-ring (bicyclic) bond motifs is 1. The van der Waals surface area contributed by atoms with Crippen LogP contribution in [-0.4, -0.2) is 67.8 Å². The fraction of sp³-hybridized carbons (Fsp3) is 0.567. The molecular weight excluding hydrogens is 504 g/mol. The van der Waals surface area contributed by atoms with Crippen molar-refractivity contribution in [1.29, 1.82) is 0 Å². The van der Waals surface area contributed by atoms with Gasteiger partial charge in [-0.2, -0.15) is 10.1 Å². The summed E-state index contributed by atoms with van der Waals surface area (Å²) in [6, 6.07) is 5.86. The zero-order chi connectivity index (χ0) is 28.2. The highest BCUT2D eigenvalue weighted by molar-refractivity contribution is 5.95. The fourth-order valence-electron chi connectivity index (χ4n) is 5.91. The number of nitrogens with two attached hydrogens (primary N) is 1. The second-order valence-electron chi connectivity index (χ2n) is 12.9. The number of carbonyl (C=O) groups is 1. The number of carbonyl (C=O) groups excluding carboxylic acids is 1. The van der Waals surface area contributed by atoms with Gasteiger partial charge in [0, 0.05) is 68.2 Å². The molecule has 3 fully saturated rings. The van der Waals surface area contributed by atoms with Crippen molar-refractivity contribution in [3.8, 4) is 11.8 Å². The molecule has 3 aromatic rings. The first-order chi connectivity index (χ1) is 19.0. The summed E-state index contributed by atoms with van der Waals surface area (Å²) < 4.78 is 8.07. The highest BCUT2D eigenvalue weighted by Gasteiger charge is 2.59. The highest BCUT2D eigenvalue weighted by atomic mass is 16.5. The zero-order valence-corrected chi connectivity index (χ0v) is 24.2. The van der Waals surface area contributed by atoms with Gasteiger partial charge in [-0.15, -0.1) is 0 Å². The number of anilines is 1. The molecule has 3 aliphatic rings. The Labute approximate surface area is 235 Å². The summed E-state index contributed by atoms with van der Waals surface area (Å²) >= 11 is 0. The van der Waals surface area contributed by atoms with Crippen molar-refractivity contribution in [2.45, 2.75) is 65.5 Å². The lowest BCUT2D eigenvalue weighted by atomic mass is 9.82. The Balaban J connectivity index is 1.14. The van der Waals surface area contributed by atoms with E-state index in [0.29, 0.717) is 54.2 Å². The van der Waals surface area contributed by atoms with Gasteiger partial charge in [0.15, 0.2) is 0 Å². The number of pyridine rings is 1. The second-order valence-corrected chi connectivity index (χ2v) is 12.9. The van der Waals surface area contributed by atoms with Gasteiger partial charge in [-0.3, -0.25) is 4.79 Å². The van der Waals surface area contributed by atoms with E-state index in [0.717, 1.165) is 43.0 Å². The molecule has 5 heterocycles. The number of hydrogen-bond donors (Lipinski definition) is 1. The third-order valence-corrected chi connectivity index (χ3v) is 8.75. The zero-order valence-electron chi connectivity index (χ0n) is 24.2. The van der Waals surface area contributed by atoms with Crippen molar-refractivity contribution in [3.63, 3.8) is 0 Å². The van der Waals surface area contributed by atoms with Gasteiger partial charge in [-0.25, -0.2) is 14.6 Å². The molecule has 2 unspecified atom stereocenters. The Morgan fingerprint density at radius 2 is 1.80 bits per heavy atom. The summed E-state index contributed by atoms with van der Waals surface area (Å²) in [5, 5.41) is 4.57. The third-order valence-electron chi connectivity index (χ3n) is 8.75. The largest absolute Gasteiger partial charge is 0.474 e. The van der Waals surface area contributed by atoms with Crippen LogP contribution in [-0.2, 0) is 12.0 Å². The van der Waals surface area contributed by atoms with Gasteiger partial charge in [-0.1, -0.05) is 20.8 Å². The standard InChI is InChI=1S/C30H40N8O2/c1-6-23-22(18-38(35-23)28-32-10-7-11-33-28)27(39)37-16-20-21(17-37)26(20)40-25-15-19(30(4,5)31)14-24(34-25)36-12-8-29(2,3)9-13-36/h7,10-11,14-15,18,20-21,26H,6,8-9,12-13,16-17,31H2,1-5H3. The maximum Gasteiger partial charge on any atom is 0.257 e. The summed E-state index contributed by atoms with van der Waals surface area (Å²) in [6.45, 7) is 14.0. The van der Waals surface area contributed by atoms with Gasteiger partial charge < -0.3 is 20.3 Å².